The van der Waals surface area contributed by atoms with Crippen LogP contribution >= 0.6 is 0 Å². The summed E-state index contributed by atoms with van der Waals surface area (Å²) in [5.41, 5.74) is 0. The van der Waals surface area contributed by atoms with E-state index in [-0.39, 0.29) is 17.6 Å². The maximum Gasteiger partial charge on any atom is 0.289 e. The Bertz CT molecular complexity index is 195. The third-order valence-electron chi connectivity index (χ3n) is 2.05. The van der Waals surface area contributed by atoms with Crippen LogP contribution in [0.5, 0.6) is 0 Å². The fourth-order valence-corrected chi connectivity index (χ4v) is 1.27. The third kappa shape index (κ3) is 1.82. The number of likely N-dealkylation sites (N-methyl/N-ethyl adjacent to an activating group) is 1. The zero-order valence-corrected chi connectivity index (χ0v) is 7.46. The Morgan fingerprint density at radius 1 is 1.42 bits per heavy atom. The number of hydrogen-bond acceptors (Lipinski definition) is 3. The molecule has 1 aliphatic rings. The lowest BCUT2D eigenvalue weighted by molar-refractivity contribution is -0.144. The van der Waals surface area contributed by atoms with Crippen molar-refractivity contribution in [3.05, 3.63) is 0 Å². The molecule has 1 heterocycles. The molecule has 1 aliphatic heterocycles. The topological polar surface area (TPSA) is 49.4 Å². The zero-order chi connectivity index (χ0) is 9.14. The smallest absolute Gasteiger partial charge is 0.289 e. The Labute approximate surface area is 71.9 Å². The van der Waals surface area contributed by atoms with E-state index in [0.29, 0.717) is 6.54 Å². The third-order valence-corrected chi connectivity index (χ3v) is 2.05. The number of nitrogens with zero attached hydrogens (tertiary/aromatic N) is 1. The minimum absolute atomic E-state index is 0.0973. The monoisotopic (exact) mass is 170 g/mol. The number of Topliss-reactive ketones (excluding diaryl/α,β-unsaturated/α-hetero) is 1. The van der Waals surface area contributed by atoms with Crippen LogP contribution in [0.2, 0.25) is 0 Å². The van der Waals surface area contributed by atoms with Crippen LogP contribution in [0.15, 0.2) is 0 Å². The molecule has 1 atom stereocenters. The van der Waals surface area contributed by atoms with Crippen molar-refractivity contribution in [3.8, 4) is 0 Å². The quantitative estimate of drug-likeness (QED) is 0.555. The molecule has 4 nitrogen and oxygen atoms in total. The van der Waals surface area contributed by atoms with Crippen molar-refractivity contribution in [2.24, 2.45) is 5.92 Å². The molecule has 4 heteroatoms. The van der Waals surface area contributed by atoms with Gasteiger partial charge in [-0.15, -0.1) is 0 Å². The van der Waals surface area contributed by atoms with Crippen LogP contribution in [0.1, 0.15) is 6.42 Å². The first-order valence-electron chi connectivity index (χ1n) is 4.09. The molecular formula is C8H14N2O2. The molecule has 0 aromatic carbocycles. The molecule has 0 bridgehead atoms. The molecule has 1 amide bonds. The number of amides is 1. The molecule has 1 N–H and O–H groups in total. The van der Waals surface area contributed by atoms with Gasteiger partial charge in [-0.05, 0) is 13.0 Å². The van der Waals surface area contributed by atoms with Crippen molar-refractivity contribution < 1.29 is 9.59 Å². The molecular weight excluding hydrogens is 156 g/mol. The summed E-state index contributed by atoms with van der Waals surface area (Å²) in [6, 6.07) is 0. The summed E-state index contributed by atoms with van der Waals surface area (Å²) in [6.45, 7) is 1.50. The first-order chi connectivity index (χ1) is 5.63. The SMILES string of the molecule is CN(C)C(=O)C(=O)C1CCNC1. The van der Waals surface area contributed by atoms with Gasteiger partial charge in [0.1, 0.15) is 0 Å². The summed E-state index contributed by atoms with van der Waals surface area (Å²) >= 11 is 0. The van der Waals surface area contributed by atoms with Crippen LogP contribution in [0, 0.1) is 5.92 Å². The number of rotatable bonds is 2. The van der Waals surface area contributed by atoms with Crippen LogP contribution < -0.4 is 5.32 Å². The lowest BCUT2D eigenvalue weighted by Gasteiger charge is -2.11. The molecule has 0 spiro atoms. The number of hydrogen-bond donors (Lipinski definition) is 1. The van der Waals surface area contributed by atoms with E-state index >= 15 is 0 Å². The zero-order valence-electron chi connectivity index (χ0n) is 7.46. The van der Waals surface area contributed by atoms with Gasteiger partial charge in [-0.1, -0.05) is 0 Å². The van der Waals surface area contributed by atoms with Crippen molar-refractivity contribution in [2.45, 2.75) is 6.42 Å². The van der Waals surface area contributed by atoms with Gasteiger partial charge >= 0.3 is 0 Å². The van der Waals surface area contributed by atoms with Gasteiger partial charge in [0, 0.05) is 26.6 Å². The summed E-state index contributed by atoms with van der Waals surface area (Å²) in [5.74, 6) is -0.742. The highest BCUT2D eigenvalue weighted by Crippen LogP contribution is 2.09. The Morgan fingerprint density at radius 3 is 2.50 bits per heavy atom. The molecule has 12 heavy (non-hydrogen) atoms. The number of nitrogens with one attached hydrogen (secondary N) is 1. The second-order valence-corrected chi connectivity index (χ2v) is 3.25. The van der Waals surface area contributed by atoms with Crippen LogP contribution in [0.4, 0.5) is 0 Å². The fourth-order valence-electron chi connectivity index (χ4n) is 1.27. The van der Waals surface area contributed by atoms with Crippen molar-refractivity contribution in [1.82, 2.24) is 10.2 Å². The largest absolute Gasteiger partial charge is 0.342 e. The summed E-state index contributed by atoms with van der Waals surface area (Å²) in [7, 11) is 3.20. The van der Waals surface area contributed by atoms with Gasteiger partial charge in [0.05, 0.1) is 0 Å². The highest BCUT2D eigenvalue weighted by molar-refractivity contribution is 6.36. The van der Waals surface area contributed by atoms with Gasteiger partial charge in [0.15, 0.2) is 0 Å². The number of carbonyl (C=O) groups excluding carboxylic acids is 2. The molecule has 1 rings (SSSR count). The minimum Gasteiger partial charge on any atom is -0.342 e. The molecule has 1 fully saturated rings. The lowest BCUT2D eigenvalue weighted by Crippen LogP contribution is -2.35. The fraction of sp³-hybridized carbons (Fsp3) is 0.750. The van der Waals surface area contributed by atoms with Crippen LogP contribution in [0.3, 0.4) is 0 Å². The van der Waals surface area contributed by atoms with E-state index in [2.05, 4.69) is 5.32 Å². The Hall–Kier alpha value is -0.900. The lowest BCUT2D eigenvalue weighted by atomic mass is 10.0. The first kappa shape index (κ1) is 9.19. The van der Waals surface area contributed by atoms with Crippen molar-refractivity contribution in [2.75, 3.05) is 27.2 Å². The van der Waals surface area contributed by atoms with E-state index in [0.717, 1.165) is 13.0 Å². The molecule has 1 unspecified atom stereocenters. The first-order valence-corrected chi connectivity index (χ1v) is 4.09. The molecule has 0 aliphatic carbocycles. The Kier molecular flexibility index (Phi) is 2.81. The molecule has 0 aromatic heterocycles. The van der Waals surface area contributed by atoms with Gasteiger partial charge in [0.2, 0.25) is 5.78 Å². The van der Waals surface area contributed by atoms with Crippen molar-refractivity contribution >= 4 is 11.7 Å². The molecule has 0 saturated carbocycles. The van der Waals surface area contributed by atoms with Crippen molar-refractivity contribution in [3.63, 3.8) is 0 Å². The van der Waals surface area contributed by atoms with Crippen LogP contribution in [-0.2, 0) is 9.59 Å². The molecule has 0 radical (unpaired) electrons. The van der Waals surface area contributed by atoms with E-state index in [1.807, 2.05) is 0 Å². The summed E-state index contributed by atoms with van der Waals surface area (Å²) in [5, 5.41) is 3.06. The van der Waals surface area contributed by atoms with Gasteiger partial charge in [-0.2, -0.15) is 0 Å². The summed E-state index contributed by atoms with van der Waals surface area (Å²) in [4.78, 5) is 23.9. The normalized spacial score (nSPS) is 22.3. The highest BCUT2D eigenvalue weighted by atomic mass is 16.2. The standard InChI is InChI=1S/C8H14N2O2/c1-10(2)8(12)7(11)6-3-4-9-5-6/h6,9H,3-5H2,1-2H3. The highest BCUT2D eigenvalue weighted by Gasteiger charge is 2.28. The minimum atomic E-state index is -0.385. The van der Waals surface area contributed by atoms with E-state index in [1.165, 1.54) is 4.90 Å². The van der Waals surface area contributed by atoms with E-state index < -0.39 is 0 Å². The van der Waals surface area contributed by atoms with Gasteiger partial charge in [-0.25, -0.2) is 0 Å². The second kappa shape index (κ2) is 3.67. The van der Waals surface area contributed by atoms with E-state index in [4.69, 9.17) is 0 Å². The second-order valence-electron chi connectivity index (χ2n) is 3.25. The number of carbonyl (C=O) groups is 2. The van der Waals surface area contributed by atoms with E-state index in [1.54, 1.807) is 14.1 Å². The van der Waals surface area contributed by atoms with Gasteiger partial charge < -0.3 is 10.2 Å². The van der Waals surface area contributed by atoms with Crippen LogP contribution in [-0.4, -0.2) is 43.8 Å². The van der Waals surface area contributed by atoms with Crippen LogP contribution in [0.25, 0.3) is 0 Å². The average molecular weight is 170 g/mol. The Morgan fingerprint density at radius 2 is 2.08 bits per heavy atom. The molecule has 1 saturated heterocycles. The average Bonchev–Trinajstić information content (AvgIpc) is 2.53. The predicted molar refractivity (Wildman–Crippen MR) is 44.7 cm³/mol. The molecule has 68 valence electrons. The van der Waals surface area contributed by atoms with E-state index in [9.17, 15) is 9.59 Å². The Balaban J connectivity index is 2.51. The summed E-state index contributed by atoms with van der Waals surface area (Å²) < 4.78 is 0. The summed E-state index contributed by atoms with van der Waals surface area (Å²) in [6.07, 6.45) is 0.790. The maximum absolute atomic E-state index is 11.4. The van der Waals surface area contributed by atoms with Gasteiger partial charge in [0.25, 0.3) is 5.91 Å². The predicted octanol–water partition coefficient (Wildman–Crippen LogP) is -0.747. The molecule has 0 aromatic rings. The van der Waals surface area contributed by atoms with Gasteiger partial charge in [-0.3, -0.25) is 9.59 Å². The van der Waals surface area contributed by atoms with Crippen molar-refractivity contribution in [1.29, 1.82) is 0 Å². The maximum atomic E-state index is 11.4. The number of ketones is 1.